The highest BCUT2D eigenvalue weighted by molar-refractivity contribution is 8.02. The molecule has 1 N–H and O–H groups in total. The van der Waals surface area contributed by atoms with E-state index in [0.29, 0.717) is 5.57 Å². The van der Waals surface area contributed by atoms with Crippen LogP contribution in [-0.2, 0) is 4.79 Å². The molecule has 2 aromatic carbocycles. The Kier molecular flexibility index (Phi) is 5.29. The van der Waals surface area contributed by atoms with Gasteiger partial charge in [0.25, 0.3) is 5.91 Å². The molecule has 0 fully saturated rings. The van der Waals surface area contributed by atoms with Crippen molar-refractivity contribution in [3.63, 3.8) is 0 Å². The normalized spacial score (nSPS) is 11.2. The van der Waals surface area contributed by atoms with Crippen molar-refractivity contribution in [2.45, 2.75) is 4.90 Å². The monoisotopic (exact) mass is 337 g/mol. The average molecular weight is 337 g/mol. The van der Waals surface area contributed by atoms with Crippen LogP contribution in [0.1, 0.15) is 4.88 Å². The van der Waals surface area contributed by atoms with E-state index in [1.165, 1.54) is 0 Å². The van der Waals surface area contributed by atoms with Crippen LogP contribution in [0.15, 0.2) is 88.5 Å². The van der Waals surface area contributed by atoms with Crippen molar-refractivity contribution in [3.05, 3.63) is 88.5 Å². The molecule has 0 atom stereocenters. The Hall–Kier alpha value is -2.30. The third kappa shape index (κ3) is 4.34. The standard InChI is InChI=1S/C19H15NOS2/c21-19(20-15-8-3-1-4-9-15)17(18-12-7-13-22-18)14-23-16-10-5-2-6-11-16/h1-14H,(H,20,21)/b17-14-. The molecule has 2 nitrogen and oxygen atoms in total. The molecule has 1 amide bonds. The maximum Gasteiger partial charge on any atom is 0.257 e. The molecule has 0 radical (unpaired) electrons. The lowest BCUT2D eigenvalue weighted by atomic mass is 10.2. The third-order valence-corrected chi connectivity index (χ3v) is 4.92. The number of rotatable bonds is 5. The minimum Gasteiger partial charge on any atom is -0.322 e. The molecule has 1 heterocycles. The summed E-state index contributed by atoms with van der Waals surface area (Å²) in [5, 5.41) is 6.85. The Balaban J connectivity index is 1.82. The van der Waals surface area contributed by atoms with Crippen LogP contribution in [0.3, 0.4) is 0 Å². The number of benzene rings is 2. The van der Waals surface area contributed by atoms with Gasteiger partial charge in [0.1, 0.15) is 0 Å². The first-order valence-corrected chi connectivity index (χ1v) is 8.91. The number of nitrogens with one attached hydrogen (secondary N) is 1. The summed E-state index contributed by atoms with van der Waals surface area (Å²) in [6.45, 7) is 0. The van der Waals surface area contributed by atoms with Gasteiger partial charge in [0, 0.05) is 15.5 Å². The van der Waals surface area contributed by atoms with Crippen LogP contribution >= 0.6 is 23.1 Å². The number of para-hydroxylation sites is 1. The molecule has 0 bridgehead atoms. The van der Waals surface area contributed by atoms with Crippen LogP contribution in [0.2, 0.25) is 0 Å². The fraction of sp³-hybridized carbons (Fsp3) is 0. The topological polar surface area (TPSA) is 29.1 Å². The van der Waals surface area contributed by atoms with Crippen LogP contribution in [0.4, 0.5) is 5.69 Å². The van der Waals surface area contributed by atoms with Gasteiger partial charge in [-0.1, -0.05) is 54.2 Å². The first-order chi connectivity index (χ1) is 11.3. The molecule has 23 heavy (non-hydrogen) atoms. The van der Waals surface area contributed by atoms with Crippen LogP contribution in [-0.4, -0.2) is 5.91 Å². The third-order valence-electron chi connectivity index (χ3n) is 3.12. The summed E-state index contributed by atoms with van der Waals surface area (Å²) in [6.07, 6.45) is 0. The first kappa shape index (κ1) is 15.6. The number of anilines is 1. The largest absolute Gasteiger partial charge is 0.322 e. The zero-order chi connectivity index (χ0) is 15.9. The van der Waals surface area contributed by atoms with E-state index in [0.717, 1.165) is 15.5 Å². The Morgan fingerprint density at radius 1 is 0.913 bits per heavy atom. The summed E-state index contributed by atoms with van der Waals surface area (Å²) < 4.78 is 0. The highest BCUT2D eigenvalue weighted by atomic mass is 32.2. The maximum atomic E-state index is 12.6. The van der Waals surface area contributed by atoms with Crippen molar-refractivity contribution in [3.8, 4) is 0 Å². The van der Waals surface area contributed by atoms with Crippen LogP contribution in [0, 0.1) is 0 Å². The zero-order valence-electron chi connectivity index (χ0n) is 12.3. The quantitative estimate of drug-likeness (QED) is 0.490. The van der Waals surface area contributed by atoms with Gasteiger partial charge < -0.3 is 5.32 Å². The fourth-order valence-corrected chi connectivity index (χ4v) is 3.62. The molecule has 4 heteroatoms. The SMILES string of the molecule is O=C(Nc1ccccc1)/C(=C\Sc1ccccc1)c1cccs1. The maximum absolute atomic E-state index is 12.6. The molecule has 1 aromatic heterocycles. The number of hydrogen-bond acceptors (Lipinski definition) is 3. The summed E-state index contributed by atoms with van der Waals surface area (Å²) in [7, 11) is 0. The second-order valence-corrected chi connectivity index (χ2v) is 6.65. The molecule has 0 aliphatic carbocycles. The van der Waals surface area contributed by atoms with E-state index >= 15 is 0 Å². The van der Waals surface area contributed by atoms with Crippen LogP contribution < -0.4 is 5.32 Å². The predicted octanol–water partition coefficient (Wildman–Crippen LogP) is 5.52. The number of carbonyl (C=O) groups excluding carboxylic acids is 1. The van der Waals surface area contributed by atoms with Crippen molar-refractivity contribution in [2.24, 2.45) is 0 Å². The molecule has 0 aliphatic rings. The van der Waals surface area contributed by atoms with E-state index in [-0.39, 0.29) is 5.91 Å². The summed E-state index contributed by atoms with van der Waals surface area (Å²) in [5.41, 5.74) is 1.47. The van der Waals surface area contributed by atoms with Crippen molar-refractivity contribution in [1.82, 2.24) is 0 Å². The summed E-state index contributed by atoms with van der Waals surface area (Å²) in [5.74, 6) is -0.0953. The minimum absolute atomic E-state index is 0.0953. The van der Waals surface area contributed by atoms with Gasteiger partial charge in [0.2, 0.25) is 0 Å². The van der Waals surface area contributed by atoms with E-state index in [1.807, 2.05) is 83.6 Å². The number of carbonyl (C=O) groups is 1. The lowest BCUT2D eigenvalue weighted by Gasteiger charge is -2.08. The smallest absolute Gasteiger partial charge is 0.257 e. The predicted molar refractivity (Wildman–Crippen MR) is 99.7 cm³/mol. The summed E-state index contributed by atoms with van der Waals surface area (Å²) >= 11 is 3.11. The average Bonchev–Trinajstić information content (AvgIpc) is 3.11. The van der Waals surface area contributed by atoms with Gasteiger partial charge in [0.15, 0.2) is 0 Å². The molecular formula is C19H15NOS2. The summed E-state index contributed by atoms with van der Waals surface area (Å²) in [6, 6.07) is 23.4. The molecule has 3 aromatic rings. The Bertz CT molecular complexity index is 781. The molecule has 0 saturated carbocycles. The highest BCUT2D eigenvalue weighted by Gasteiger charge is 2.13. The second kappa shape index (κ2) is 7.81. The Labute approximate surface area is 143 Å². The number of amides is 1. The lowest BCUT2D eigenvalue weighted by Crippen LogP contribution is -2.12. The molecule has 3 rings (SSSR count). The van der Waals surface area contributed by atoms with E-state index in [9.17, 15) is 4.79 Å². The highest BCUT2D eigenvalue weighted by Crippen LogP contribution is 2.28. The van der Waals surface area contributed by atoms with Crippen LogP contribution in [0.5, 0.6) is 0 Å². The molecule has 0 aliphatic heterocycles. The first-order valence-electron chi connectivity index (χ1n) is 7.15. The van der Waals surface area contributed by atoms with Crippen molar-refractivity contribution in [1.29, 1.82) is 0 Å². The molecule has 0 spiro atoms. The van der Waals surface area contributed by atoms with E-state index < -0.39 is 0 Å². The van der Waals surface area contributed by atoms with Gasteiger partial charge >= 0.3 is 0 Å². The molecule has 0 saturated heterocycles. The number of thiophene rings is 1. The molecule has 114 valence electrons. The number of thioether (sulfide) groups is 1. The van der Waals surface area contributed by atoms with E-state index in [4.69, 9.17) is 0 Å². The van der Waals surface area contributed by atoms with Crippen molar-refractivity contribution in [2.75, 3.05) is 5.32 Å². The van der Waals surface area contributed by atoms with Gasteiger partial charge in [-0.15, -0.1) is 11.3 Å². The van der Waals surface area contributed by atoms with Gasteiger partial charge in [-0.3, -0.25) is 4.79 Å². The van der Waals surface area contributed by atoms with Crippen molar-refractivity contribution >= 4 is 40.3 Å². The van der Waals surface area contributed by atoms with E-state index in [2.05, 4.69) is 5.32 Å². The summed E-state index contributed by atoms with van der Waals surface area (Å²) in [4.78, 5) is 14.7. The lowest BCUT2D eigenvalue weighted by molar-refractivity contribution is -0.111. The van der Waals surface area contributed by atoms with Crippen molar-refractivity contribution < 1.29 is 4.79 Å². The number of hydrogen-bond donors (Lipinski definition) is 1. The Morgan fingerprint density at radius 2 is 1.61 bits per heavy atom. The second-order valence-electron chi connectivity index (χ2n) is 4.76. The van der Waals surface area contributed by atoms with Gasteiger partial charge in [0.05, 0.1) is 5.57 Å². The Morgan fingerprint density at radius 3 is 2.26 bits per heavy atom. The molecular weight excluding hydrogens is 322 g/mol. The minimum atomic E-state index is -0.0953. The van der Waals surface area contributed by atoms with E-state index in [1.54, 1.807) is 23.1 Å². The van der Waals surface area contributed by atoms with Gasteiger partial charge in [-0.2, -0.15) is 0 Å². The van der Waals surface area contributed by atoms with Gasteiger partial charge in [-0.05, 0) is 41.1 Å². The van der Waals surface area contributed by atoms with Gasteiger partial charge in [-0.25, -0.2) is 0 Å². The van der Waals surface area contributed by atoms with Crippen LogP contribution in [0.25, 0.3) is 5.57 Å². The molecule has 0 unspecified atom stereocenters. The fourth-order valence-electron chi connectivity index (χ4n) is 2.00. The zero-order valence-corrected chi connectivity index (χ0v) is 13.9.